The first-order chi connectivity index (χ1) is 8.87. The largest absolute Gasteiger partial charge is 0.376 e. The minimum atomic E-state index is -4.78. The van der Waals surface area contributed by atoms with Crippen molar-refractivity contribution in [3.63, 3.8) is 0 Å². The number of alkyl halides is 2. The molecule has 0 saturated carbocycles. The quantitative estimate of drug-likeness (QED) is 0.842. The lowest BCUT2D eigenvalue weighted by Crippen LogP contribution is -2.26. The number of rotatable bonds is 3. The van der Waals surface area contributed by atoms with Gasteiger partial charge in [0, 0.05) is 4.47 Å². The summed E-state index contributed by atoms with van der Waals surface area (Å²) in [5.41, 5.74) is -0.571. The molecule has 2 aromatic rings. The molecule has 0 N–H and O–H groups in total. The van der Waals surface area contributed by atoms with E-state index in [9.17, 15) is 17.2 Å². The van der Waals surface area contributed by atoms with E-state index in [1.807, 2.05) is 0 Å². The topological polar surface area (TPSA) is 34.1 Å². The van der Waals surface area contributed by atoms with Gasteiger partial charge in [-0.2, -0.15) is 8.78 Å². The summed E-state index contributed by atoms with van der Waals surface area (Å²) in [6.07, 6.45) is 0. The van der Waals surface area contributed by atoms with E-state index in [4.69, 9.17) is 0 Å². The summed E-state index contributed by atoms with van der Waals surface area (Å²) in [5, 5.41) is -3.99. The maximum atomic E-state index is 14.3. The summed E-state index contributed by atoms with van der Waals surface area (Å²) in [6.45, 7) is 0. The monoisotopic (exact) mass is 346 g/mol. The van der Waals surface area contributed by atoms with Crippen LogP contribution in [0.5, 0.6) is 0 Å². The highest BCUT2D eigenvalue weighted by Gasteiger charge is 2.48. The Morgan fingerprint density at radius 1 is 0.895 bits per heavy atom. The SMILES string of the molecule is O=S(=O)(c1ccccc1)C(F)(F)c1ccccc1Br. The van der Waals surface area contributed by atoms with Crippen molar-refractivity contribution >= 4 is 25.8 Å². The number of benzene rings is 2. The van der Waals surface area contributed by atoms with Crippen molar-refractivity contribution in [3.8, 4) is 0 Å². The van der Waals surface area contributed by atoms with Gasteiger partial charge in [0.1, 0.15) is 0 Å². The predicted octanol–water partition coefficient (Wildman–Crippen LogP) is 3.97. The van der Waals surface area contributed by atoms with Crippen molar-refractivity contribution in [2.24, 2.45) is 0 Å². The fourth-order valence-corrected chi connectivity index (χ4v) is 3.53. The van der Waals surface area contributed by atoms with Gasteiger partial charge >= 0.3 is 5.25 Å². The summed E-state index contributed by atoms with van der Waals surface area (Å²) >= 11 is 2.95. The second kappa shape index (κ2) is 5.02. The van der Waals surface area contributed by atoms with Crippen LogP contribution in [0, 0.1) is 0 Å². The second-order valence-electron chi connectivity index (χ2n) is 3.81. The van der Waals surface area contributed by atoms with Crippen LogP contribution in [0.2, 0.25) is 0 Å². The third kappa shape index (κ3) is 2.42. The van der Waals surface area contributed by atoms with Gasteiger partial charge in [-0.05, 0) is 18.2 Å². The van der Waals surface area contributed by atoms with Crippen molar-refractivity contribution in [2.45, 2.75) is 10.2 Å². The summed E-state index contributed by atoms with van der Waals surface area (Å²) in [7, 11) is -4.78. The van der Waals surface area contributed by atoms with Crippen LogP contribution in [0.4, 0.5) is 8.78 Å². The molecule has 2 aromatic carbocycles. The molecule has 0 heterocycles. The standard InChI is InChI=1S/C13H9BrF2O2S/c14-12-9-5-4-8-11(12)13(15,16)19(17,18)10-6-2-1-3-7-10/h1-9H. The van der Waals surface area contributed by atoms with Gasteiger partial charge in [-0.25, -0.2) is 8.42 Å². The van der Waals surface area contributed by atoms with Crippen LogP contribution in [0.1, 0.15) is 5.56 Å². The van der Waals surface area contributed by atoms with Crippen molar-refractivity contribution in [1.82, 2.24) is 0 Å². The highest BCUT2D eigenvalue weighted by molar-refractivity contribution is 9.10. The van der Waals surface area contributed by atoms with Crippen molar-refractivity contribution in [3.05, 3.63) is 64.6 Å². The molecule has 0 bridgehead atoms. The number of hydrogen-bond donors (Lipinski definition) is 0. The Bertz CT molecular complexity index is 685. The second-order valence-corrected chi connectivity index (χ2v) is 6.66. The third-order valence-electron chi connectivity index (χ3n) is 2.58. The summed E-state index contributed by atoms with van der Waals surface area (Å²) in [5.74, 6) is 0. The van der Waals surface area contributed by atoms with E-state index in [2.05, 4.69) is 15.9 Å². The molecule has 100 valence electrons. The summed E-state index contributed by atoms with van der Waals surface area (Å²) in [4.78, 5) is -0.407. The van der Waals surface area contributed by atoms with Crippen LogP contribution in [-0.2, 0) is 15.1 Å². The first kappa shape index (κ1) is 14.1. The molecule has 0 aromatic heterocycles. The maximum Gasteiger partial charge on any atom is 0.376 e. The normalized spacial score (nSPS) is 12.4. The zero-order valence-corrected chi connectivity index (χ0v) is 12.0. The minimum Gasteiger partial charge on any atom is -0.217 e. The Morgan fingerprint density at radius 3 is 2.00 bits per heavy atom. The van der Waals surface area contributed by atoms with Gasteiger partial charge < -0.3 is 0 Å². The average Bonchev–Trinajstić information content (AvgIpc) is 2.40. The molecule has 2 nitrogen and oxygen atoms in total. The Balaban J connectivity index is 2.60. The van der Waals surface area contributed by atoms with Crippen LogP contribution in [0.25, 0.3) is 0 Å². The molecule has 0 aliphatic carbocycles. The zero-order valence-electron chi connectivity index (χ0n) is 9.55. The van der Waals surface area contributed by atoms with Gasteiger partial charge in [-0.1, -0.05) is 52.3 Å². The Labute approximate surface area is 118 Å². The third-order valence-corrected chi connectivity index (χ3v) is 5.06. The van der Waals surface area contributed by atoms with E-state index >= 15 is 0 Å². The molecule has 19 heavy (non-hydrogen) atoms. The highest BCUT2D eigenvalue weighted by atomic mass is 79.9. The lowest BCUT2D eigenvalue weighted by Gasteiger charge is -2.18. The van der Waals surface area contributed by atoms with Gasteiger partial charge in [0.2, 0.25) is 9.84 Å². The van der Waals surface area contributed by atoms with E-state index in [0.29, 0.717) is 0 Å². The number of halogens is 3. The lowest BCUT2D eigenvalue weighted by atomic mass is 10.2. The Kier molecular flexibility index (Phi) is 3.73. The molecule has 0 radical (unpaired) electrons. The lowest BCUT2D eigenvalue weighted by molar-refractivity contribution is 0.0897. The minimum absolute atomic E-state index is 0.0551. The van der Waals surface area contributed by atoms with E-state index in [1.165, 1.54) is 24.3 Å². The predicted molar refractivity (Wildman–Crippen MR) is 71.7 cm³/mol. The van der Waals surface area contributed by atoms with Crippen molar-refractivity contribution in [1.29, 1.82) is 0 Å². The van der Waals surface area contributed by atoms with Crippen molar-refractivity contribution in [2.75, 3.05) is 0 Å². The van der Waals surface area contributed by atoms with Gasteiger partial charge in [0.05, 0.1) is 10.5 Å². The highest BCUT2D eigenvalue weighted by Crippen LogP contribution is 2.41. The van der Waals surface area contributed by atoms with Crippen LogP contribution in [-0.4, -0.2) is 8.42 Å². The van der Waals surface area contributed by atoms with E-state index in [0.717, 1.165) is 18.2 Å². The molecule has 0 fully saturated rings. The van der Waals surface area contributed by atoms with Crippen LogP contribution < -0.4 is 0 Å². The van der Waals surface area contributed by atoms with Gasteiger partial charge in [-0.15, -0.1) is 0 Å². The molecule has 0 aliphatic heterocycles. The molecular formula is C13H9BrF2O2S. The maximum absolute atomic E-state index is 14.3. The molecular weight excluding hydrogens is 338 g/mol. The van der Waals surface area contributed by atoms with Gasteiger partial charge in [0.25, 0.3) is 0 Å². The molecule has 6 heteroatoms. The first-order valence-corrected chi connectivity index (χ1v) is 7.57. The summed E-state index contributed by atoms with van der Waals surface area (Å²) < 4.78 is 52.7. The van der Waals surface area contributed by atoms with E-state index in [-0.39, 0.29) is 4.47 Å². The Morgan fingerprint density at radius 2 is 1.42 bits per heavy atom. The van der Waals surface area contributed by atoms with Crippen molar-refractivity contribution < 1.29 is 17.2 Å². The fourth-order valence-electron chi connectivity index (χ4n) is 1.59. The van der Waals surface area contributed by atoms with Gasteiger partial charge in [0.15, 0.2) is 0 Å². The molecule has 2 rings (SSSR count). The molecule has 0 unspecified atom stereocenters. The summed E-state index contributed by atoms with van der Waals surface area (Å²) in [6, 6.07) is 12.1. The molecule has 0 saturated heterocycles. The van der Waals surface area contributed by atoms with E-state index < -0.39 is 25.6 Å². The average molecular weight is 347 g/mol. The van der Waals surface area contributed by atoms with Crippen LogP contribution in [0.3, 0.4) is 0 Å². The van der Waals surface area contributed by atoms with Crippen LogP contribution in [0.15, 0.2) is 64.0 Å². The number of sulfone groups is 1. The smallest absolute Gasteiger partial charge is 0.217 e. The molecule has 0 amide bonds. The first-order valence-electron chi connectivity index (χ1n) is 5.30. The molecule has 0 spiro atoms. The Hall–Kier alpha value is -1.27. The molecule has 0 atom stereocenters. The van der Waals surface area contributed by atoms with Crippen LogP contribution >= 0.6 is 15.9 Å². The molecule has 0 aliphatic rings. The van der Waals surface area contributed by atoms with Gasteiger partial charge in [-0.3, -0.25) is 0 Å². The fraction of sp³-hybridized carbons (Fsp3) is 0.0769. The van der Waals surface area contributed by atoms with E-state index in [1.54, 1.807) is 12.1 Å². The zero-order chi connectivity index (χ0) is 14.1. The number of hydrogen-bond acceptors (Lipinski definition) is 2.